The van der Waals surface area contributed by atoms with Crippen LogP contribution >= 0.6 is 0 Å². The van der Waals surface area contributed by atoms with Crippen molar-refractivity contribution in [3.05, 3.63) is 54.2 Å². The highest BCUT2D eigenvalue weighted by molar-refractivity contribution is 5.65. The summed E-state index contributed by atoms with van der Waals surface area (Å²) in [4.78, 5) is 0. The first-order valence-corrected chi connectivity index (χ1v) is 4.83. The third kappa shape index (κ3) is 1.75. The number of rotatable bonds is 1. The molecule has 0 aliphatic heterocycles. The van der Waals surface area contributed by atoms with E-state index in [1.807, 2.05) is 49.6 Å². The number of hydrogen-bond acceptors (Lipinski definition) is 0. The molecule has 0 radical (unpaired) electrons. The molecule has 0 aliphatic rings. The normalized spacial score (nSPS) is 9.60. The van der Waals surface area contributed by atoms with E-state index in [-0.39, 0.29) is 0 Å². The van der Waals surface area contributed by atoms with Gasteiger partial charge in [-0.1, -0.05) is 18.1 Å². The van der Waals surface area contributed by atoms with Crippen molar-refractivity contribution in [3.63, 3.8) is 0 Å². The maximum atomic E-state index is 5.48. The van der Waals surface area contributed by atoms with Gasteiger partial charge in [0.25, 0.3) is 0 Å². The fourth-order valence-electron chi connectivity index (χ4n) is 1.64. The fraction of sp³-hybridized carbons (Fsp3) is 0.0714. The van der Waals surface area contributed by atoms with Gasteiger partial charge in [0.1, 0.15) is 7.05 Å². The highest BCUT2D eigenvalue weighted by atomic mass is 14.9. The van der Waals surface area contributed by atoms with Crippen molar-refractivity contribution in [2.24, 2.45) is 7.05 Å². The average Bonchev–Trinajstić information content (AvgIpc) is 2.30. The van der Waals surface area contributed by atoms with E-state index in [9.17, 15) is 0 Å². The number of aromatic nitrogens is 1. The van der Waals surface area contributed by atoms with E-state index < -0.39 is 0 Å². The molecule has 0 atom stereocenters. The van der Waals surface area contributed by atoms with Gasteiger partial charge in [0.2, 0.25) is 5.69 Å². The number of hydrogen-bond donors (Lipinski definition) is 0. The summed E-state index contributed by atoms with van der Waals surface area (Å²) in [6.45, 7) is 0. The minimum Gasteiger partial charge on any atom is -0.201 e. The van der Waals surface area contributed by atoms with E-state index in [1.165, 1.54) is 0 Å². The van der Waals surface area contributed by atoms with Crippen LogP contribution in [0.3, 0.4) is 0 Å². The summed E-state index contributed by atoms with van der Waals surface area (Å²) in [6, 6.07) is 14.1. The SMILES string of the molecule is C#Cc1ccccc1-c1cccc[n+]1C. The van der Waals surface area contributed by atoms with Crippen molar-refractivity contribution < 1.29 is 4.57 Å². The van der Waals surface area contributed by atoms with E-state index >= 15 is 0 Å². The van der Waals surface area contributed by atoms with Crippen LogP contribution in [0, 0.1) is 12.3 Å². The van der Waals surface area contributed by atoms with Crippen molar-refractivity contribution >= 4 is 0 Å². The first-order valence-electron chi connectivity index (χ1n) is 4.83. The van der Waals surface area contributed by atoms with Gasteiger partial charge in [0.15, 0.2) is 6.20 Å². The molecule has 0 amide bonds. The van der Waals surface area contributed by atoms with Gasteiger partial charge < -0.3 is 0 Å². The Bertz CT molecular complexity index is 521. The van der Waals surface area contributed by atoms with Crippen LogP contribution in [0.2, 0.25) is 0 Å². The second kappa shape index (κ2) is 3.98. The molecule has 0 fully saturated rings. The molecule has 72 valence electrons. The topological polar surface area (TPSA) is 3.88 Å². The third-order valence-electron chi connectivity index (χ3n) is 2.41. The van der Waals surface area contributed by atoms with Gasteiger partial charge in [-0.15, -0.1) is 6.42 Å². The van der Waals surface area contributed by atoms with Crippen molar-refractivity contribution in [1.82, 2.24) is 0 Å². The lowest BCUT2D eigenvalue weighted by Gasteiger charge is -2.02. The van der Waals surface area contributed by atoms with Crippen LogP contribution in [-0.2, 0) is 7.05 Å². The standard InChI is InChI=1S/C14H12N/c1-3-12-8-4-5-9-13(12)14-10-6-7-11-15(14)2/h1,4-11H,2H3/q+1. The summed E-state index contributed by atoms with van der Waals surface area (Å²) < 4.78 is 2.07. The quantitative estimate of drug-likeness (QED) is 0.484. The Morgan fingerprint density at radius 1 is 1.07 bits per heavy atom. The number of pyridine rings is 1. The molecule has 0 saturated heterocycles. The molecule has 1 aromatic carbocycles. The predicted molar refractivity (Wildman–Crippen MR) is 61.0 cm³/mol. The zero-order chi connectivity index (χ0) is 10.7. The molecule has 0 bridgehead atoms. The van der Waals surface area contributed by atoms with Crippen molar-refractivity contribution in [3.8, 4) is 23.6 Å². The predicted octanol–water partition coefficient (Wildman–Crippen LogP) is 2.16. The Morgan fingerprint density at radius 3 is 2.53 bits per heavy atom. The molecule has 1 aromatic heterocycles. The number of terminal acetylenes is 1. The van der Waals surface area contributed by atoms with Crippen LogP contribution in [0.1, 0.15) is 5.56 Å². The van der Waals surface area contributed by atoms with Crippen LogP contribution in [-0.4, -0.2) is 0 Å². The molecular weight excluding hydrogens is 182 g/mol. The van der Waals surface area contributed by atoms with Crippen LogP contribution in [0.25, 0.3) is 11.3 Å². The Morgan fingerprint density at radius 2 is 1.80 bits per heavy atom. The Balaban J connectivity index is 2.65. The summed E-state index contributed by atoms with van der Waals surface area (Å²) in [6.07, 6.45) is 7.50. The maximum absolute atomic E-state index is 5.48. The summed E-state index contributed by atoms with van der Waals surface area (Å²) in [7, 11) is 2.02. The summed E-state index contributed by atoms with van der Waals surface area (Å²) in [5.41, 5.74) is 3.16. The van der Waals surface area contributed by atoms with Gasteiger partial charge >= 0.3 is 0 Å². The zero-order valence-electron chi connectivity index (χ0n) is 8.64. The average molecular weight is 194 g/mol. The molecule has 15 heavy (non-hydrogen) atoms. The van der Waals surface area contributed by atoms with E-state index in [1.54, 1.807) is 0 Å². The van der Waals surface area contributed by atoms with Crippen LogP contribution in [0.4, 0.5) is 0 Å². The molecule has 0 spiro atoms. The fourth-order valence-corrected chi connectivity index (χ4v) is 1.64. The molecule has 1 heterocycles. The lowest BCUT2D eigenvalue weighted by molar-refractivity contribution is -0.660. The smallest absolute Gasteiger partial charge is 0.201 e. The Hall–Kier alpha value is -2.07. The first kappa shape index (κ1) is 9.48. The van der Waals surface area contributed by atoms with E-state index in [0.717, 1.165) is 16.8 Å². The van der Waals surface area contributed by atoms with E-state index in [0.29, 0.717) is 0 Å². The summed E-state index contributed by atoms with van der Waals surface area (Å²) in [5.74, 6) is 2.71. The van der Waals surface area contributed by atoms with Crippen LogP contribution < -0.4 is 4.57 Å². The minimum atomic E-state index is 0.930. The molecule has 2 rings (SSSR count). The second-order valence-corrected chi connectivity index (χ2v) is 3.39. The minimum absolute atomic E-state index is 0.930. The molecule has 0 unspecified atom stereocenters. The summed E-state index contributed by atoms with van der Waals surface area (Å²) in [5, 5.41) is 0. The monoisotopic (exact) mass is 194 g/mol. The Kier molecular flexibility index (Phi) is 2.51. The molecule has 1 nitrogen and oxygen atoms in total. The molecular formula is C14H12N+. The molecule has 1 heteroatoms. The van der Waals surface area contributed by atoms with Gasteiger partial charge in [-0.25, -0.2) is 4.57 Å². The third-order valence-corrected chi connectivity index (χ3v) is 2.41. The zero-order valence-corrected chi connectivity index (χ0v) is 8.64. The van der Waals surface area contributed by atoms with Gasteiger partial charge in [0.05, 0.1) is 5.56 Å². The van der Waals surface area contributed by atoms with Gasteiger partial charge in [0, 0.05) is 17.7 Å². The maximum Gasteiger partial charge on any atom is 0.213 e. The van der Waals surface area contributed by atoms with Crippen molar-refractivity contribution in [1.29, 1.82) is 0 Å². The van der Waals surface area contributed by atoms with Gasteiger partial charge in [-0.3, -0.25) is 0 Å². The molecule has 0 N–H and O–H groups in total. The lowest BCUT2D eigenvalue weighted by atomic mass is 10.0. The van der Waals surface area contributed by atoms with E-state index in [4.69, 9.17) is 6.42 Å². The summed E-state index contributed by atoms with van der Waals surface area (Å²) >= 11 is 0. The lowest BCUT2D eigenvalue weighted by Crippen LogP contribution is -2.30. The first-order chi connectivity index (χ1) is 7.33. The molecule has 0 saturated carbocycles. The number of benzene rings is 1. The van der Waals surface area contributed by atoms with Gasteiger partial charge in [-0.2, -0.15) is 0 Å². The van der Waals surface area contributed by atoms with Crippen molar-refractivity contribution in [2.75, 3.05) is 0 Å². The van der Waals surface area contributed by atoms with Crippen LogP contribution in [0.15, 0.2) is 48.7 Å². The van der Waals surface area contributed by atoms with Crippen molar-refractivity contribution in [2.45, 2.75) is 0 Å². The second-order valence-electron chi connectivity index (χ2n) is 3.39. The molecule has 2 aromatic rings. The Labute approximate surface area is 90.0 Å². The van der Waals surface area contributed by atoms with E-state index in [2.05, 4.69) is 16.6 Å². The largest absolute Gasteiger partial charge is 0.213 e. The van der Waals surface area contributed by atoms with Crippen LogP contribution in [0.5, 0.6) is 0 Å². The highest BCUT2D eigenvalue weighted by Gasteiger charge is 2.10. The molecule has 0 aliphatic carbocycles. The number of aryl methyl sites for hydroxylation is 1. The van der Waals surface area contributed by atoms with Gasteiger partial charge in [-0.05, 0) is 18.2 Å². The number of nitrogens with zero attached hydrogens (tertiary/aromatic N) is 1. The highest BCUT2D eigenvalue weighted by Crippen LogP contribution is 2.18.